The monoisotopic (exact) mass is 372 g/mol. The maximum Gasteiger partial charge on any atom is 0.252 e. The van der Waals surface area contributed by atoms with Crippen molar-refractivity contribution in [2.24, 2.45) is 0 Å². The number of hydrogen-bond donors (Lipinski definition) is 1. The highest BCUT2D eigenvalue weighted by atomic mass is 79.9. The number of nitrogens with one attached hydrogen (secondary N) is 1. The highest BCUT2D eigenvalue weighted by molar-refractivity contribution is 9.10. The molecule has 0 saturated carbocycles. The summed E-state index contributed by atoms with van der Waals surface area (Å²) in [6.45, 7) is 1.24. The first-order chi connectivity index (χ1) is 11.1. The SMILES string of the molecule is O=C(NCc1ccc(N2CCCC2=O)cc1)c1ccccc1Br. The molecule has 1 fully saturated rings. The summed E-state index contributed by atoms with van der Waals surface area (Å²) in [7, 11) is 0. The van der Waals surface area contributed by atoms with E-state index in [4.69, 9.17) is 0 Å². The lowest BCUT2D eigenvalue weighted by atomic mass is 10.1. The van der Waals surface area contributed by atoms with Crippen LogP contribution in [0.1, 0.15) is 28.8 Å². The van der Waals surface area contributed by atoms with E-state index in [0.717, 1.165) is 28.7 Å². The predicted molar refractivity (Wildman–Crippen MR) is 93.3 cm³/mol. The molecule has 1 N–H and O–H groups in total. The first-order valence-electron chi connectivity index (χ1n) is 7.57. The quantitative estimate of drug-likeness (QED) is 0.892. The van der Waals surface area contributed by atoms with Crippen molar-refractivity contribution in [3.63, 3.8) is 0 Å². The summed E-state index contributed by atoms with van der Waals surface area (Å²) in [5.41, 5.74) is 2.54. The summed E-state index contributed by atoms with van der Waals surface area (Å²) in [6, 6.07) is 15.1. The number of carbonyl (C=O) groups is 2. The van der Waals surface area contributed by atoms with Gasteiger partial charge in [-0.3, -0.25) is 9.59 Å². The van der Waals surface area contributed by atoms with Crippen LogP contribution in [-0.2, 0) is 11.3 Å². The molecule has 0 spiro atoms. The molecular formula is C18H17BrN2O2. The van der Waals surface area contributed by atoms with Gasteiger partial charge in [0.05, 0.1) is 5.56 Å². The number of halogens is 1. The molecule has 4 nitrogen and oxygen atoms in total. The van der Waals surface area contributed by atoms with Crippen LogP contribution >= 0.6 is 15.9 Å². The van der Waals surface area contributed by atoms with E-state index in [9.17, 15) is 9.59 Å². The van der Waals surface area contributed by atoms with Crippen LogP contribution < -0.4 is 10.2 Å². The molecule has 1 aliphatic rings. The molecule has 0 bridgehead atoms. The van der Waals surface area contributed by atoms with Crippen molar-refractivity contribution < 1.29 is 9.59 Å². The second kappa shape index (κ2) is 6.96. The fourth-order valence-electron chi connectivity index (χ4n) is 2.64. The second-order valence-electron chi connectivity index (χ2n) is 5.48. The van der Waals surface area contributed by atoms with E-state index < -0.39 is 0 Å². The van der Waals surface area contributed by atoms with Gasteiger partial charge in [-0.2, -0.15) is 0 Å². The van der Waals surface area contributed by atoms with Gasteiger partial charge in [0.15, 0.2) is 0 Å². The second-order valence-corrected chi connectivity index (χ2v) is 6.33. The van der Waals surface area contributed by atoms with Gasteiger partial charge < -0.3 is 10.2 Å². The Morgan fingerprint density at radius 2 is 1.87 bits per heavy atom. The molecule has 0 aromatic heterocycles. The zero-order valence-corrected chi connectivity index (χ0v) is 14.2. The number of anilines is 1. The summed E-state index contributed by atoms with van der Waals surface area (Å²) in [5, 5.41) is 2.90. The highest BCUT2D eigenvalue weighted by Gasteiger charge is 2.21. The summed E-state index contributed by atoms with van der Waals surface area (Å²) in [5.74, 6) is 0.0660. The van der Waals surface area contributed by atoms with Crippen LogP contribution in [0.15, 0.2) is 53.0 Å². The van der Waals surface area contributed by atoms with Crippen molar-refractivity contribution >= 4 is 33.4 Å². The molecule has 5 heteroatoms. The van der Waals surface area contributed by atoms with E-state index in [1.807, 2.05) is 47.4 Å². The largest absolute Gasteiger partial charge is 0.348 e. The summed E-state index contributed by atoms with van der Waals surface area (Å²) >= 11 is 3.38. The normalized spacial score (nSPS) is 14.1. The summed E-state index contributed by atoms with van der Waals surface area (Å²) in [6.07, 6.45) is 1.55. The smallest absolute Gasteiger partial charge is 0.252 e. The van der Waals surface area contributed by atoms with Gasteiger partial charge in [-0.1, -0.05) is 24.3 Å². The van der Waals surface area contributed by atoms with E-state index >= 15 is 0 Å². The maximum absolute atomic E-state index is 12.2. The fourth-order valence-corrected chi connectivity index (χ4v) is 3.10. The Bertz CT molecular complexity index is 728. The minimum atomic E-state index is -0.115. The lowest BCUT2D eigenvalue weighted by Gasteiger charge is -2.16. The molecule has 1 saturated heterocycles. The first-order valence-corrected chi connectivity index (χ1v) is 8.36. The van der Waals surface area contributed by atoms with E-state index in [2.05, 4.69) is 21.2 Å². The Labute approximate surface area is 143 Å². The fraction of sp³-hybridized carbons (Fsp3) is 0.222. The van der Waals surface area contributed by atoms with Crippen molar-refractivity contribution in [1.29, 1.82) is 0 Å². The molecule has 0 aliphatic carbocycles. The Hall–Kier alpha value is -2.14. The predicted octanol–water partition coefficient (Wildman–Crippen LogP) is 3.51. The van der Waals surface area contributed by atoms with Crippen LogP contribution in [0.3, 0.4) is 0 Å². The van der Waals surface area contributed by atoms with Gasteiger partial charge in [-0.25, -0.2) is 0 Å². The number of nitrogens with zero attached hydrogens (tertiary/aromatic N) is 1. The number of benzene rings is 2. The van der Waals surface area contributed by atoms with Crippen LogP contribution in [0, 0.1) is 0 Å². The Kier molecular flexibility index (Phi) is 4.76. The number of carbonyl (C=O) groups excluding carboxylic acids is 2. The third-order valence-corrected chi connectivity index (χ3v) is 4.58. The topological polar surface area (TPSA) is 49.4 Å². The van der Waals surface area contributed by atoms with Gasteiger partial charge in [-0.05, 0) is 52.2 Å². The average molecular weight is 373 g/mol. The zero-order valence-electron chi connectivity index (χ0n) is 12.6. The Morgan fingerprint density at radius 1 is 1.13 bits per heavy atom. The van der Waals surface area contributed by atoms with Crippen molar-refractivity contribution in [1.82, 2.24) is 5.32 Å². The Morgan fingerprint density at radius 3 is 2.52 bits per heavy atom. The van der Waals surface area contributed by atoms with Crippen molar-refractivity contribution in [3.8, 4) is 0 Å². The lowest BCUT2D eigenvalue weighted by molar-refractivity contribution is -0.117. The van der Waals surface area contributed by atoms with Gasteiger partial charge >= 0.3 is 0 Å². The standard InChI is InChI=1S/C18H17BrN2O2/c19-16-5-2-1-4-15(16)18(23)20-12-13-7-9-14(10-8-13)21-11-3-6-17(21)22/h1-2,4-5,7-10H,3,6,11-12H2,(H,20,23). The molecule has 2 aromatic rings. The number of amides is 2. The third-order valence-electron chi connectivity index (χ3n) is 3.89. The molecule has 0 atom stereocenters. The molecule has 1 aliphatic heterocycles. The highest BCUT2D eigenvalue weighted by Crippen LogP contribution is 2.21. The zero-order chi connectivity index (χ0) is 16.2. The molecule has 2 amide bonds. The van der Waals surface area contributed by atoms with Crippen molar-refractivity contribution in [3.05, 3.63) is 64.1 Å². The average Bonchev–Trinajstić information content (AvgIpc) is 2.99. The van der Waals surface area contributed by atoms with Crippen LogP contribution in [-0.4, -0.2) is 18.4 Å². The lowest BCUT2D eigenvalue weighted by Crippen LogP contribution is -2.24. The summed E-state index contributed by atoms with van der Waals surface area (Å²) in [4.78, 5) is 25.7. The van der Waals surface area contributed by atoms with E-state index in [0.29, 0.717) is 18.5 Å². The molecule has 1 heterocycles. The van der Waals surface area contributed by atoms with Crippen LogP contribution in [0.25, 0.3) is 0 Å². The van der Waals surface area contributed by atoms with Crippen LogP contribution in [0.2, 0.25) is 0 Å². The van der Waals surface area contributed by atoms with E-state index in [1.54, 1.807) is 6.07 Å². The van der Waals surface area contributed by atoms with Gasteiger partial charge in [0.25, 0.3) is 5.91 Å². The maximum atomic E-state index is 12.2. The molecule has 23 heavy (non-hydrogen) atoms. The van der Waals surface area contributed by atoms with Crippen LogP contribution in [0.4, 0.5) is 5.69 Å². The Balaban J connectivity index is 1.62. The molecule has 118 valence electrons. The van der Waals surface area contributed by atoms with Gasteiger partial charge in [0.1, 0.15) is 0 Å². The number of rotatable bonds is 4. The molecule has 2 aromatic carbocycles. The molecule has 0 radical (unpaired) electrons. The van der Waals surface area contributed by atoms with Gasteiger partial charge in [-0.15, -0.1) is 0 Å². The number of hydrogen-bond acceptors (Lipinski definition) is 2. The third kappa shape index (κ3) is 3.62. The van der Waals surface area contributed by atoms with Gasteiger partial charge in [0.2, 0.25) is 5.91 Å². The molecular weight excluding hydrogens is 356 g/mol. The first kappa shape index (κ1) is 15.7. The van der Waals surface area contributed by atoms with Crippen molar-refractivity contribution in [2.45, 2.75) is 19.4 Å². The van der Waals surface area contributed by atoms with E-state index in [-0.39, 0.29) is 11.8 Å². The minimum absolute atomic E-state index is 0.115. The minimum Gasteiger partial charge on any atom is -0.348 e. The van der Waals surface area contributed by atoms with Gasteiger partial charge in [0, 0.05) is 29.7 Å². The van der Waals surface area contributed by atoms with Crippen LogP contribution in [0.5, 0.6) is 0 Å². The summed E-state index contributed by atoms with van der Waals surface area (Å²) < 4.78 is 0.778. The molecule has 3 rings (SSSR count). The van der Waals surface area contributed by atoms with E-state index in [1.165, 1.54) is 0 Å². The van der Waals surface area contributed by atoms with Crippen molar-refractivity contribution in [2.75, 3.05) is 11.4 Å². The molecule has 0 unspecified atom stereocenters.